The van der Waals surface area contributed by atoms with E-state index in [1.165, 1.54) is 30.3 Å². The zero-order valence-corrected chi connectivity index (χ0v) is 11.7. The van der Waals surface area contributed by atoms with Crippen LogP contribution in [0, 0.1) is 18.1 Å². The molecule has 1 aliphatic carbocycles. The van der Waals surface area contributed by atoms with Crippen molar-refractivity contribution in [3.05, 3.63) is 70.1 Å². The number of benzene rings is 2. The van der Waals surface area contributed by atoms with Gasteiger partial charge < -0.3 is 5.32 Å². The summed E-state index contributed by atoms with van der Waals surface area (Å²) in [7, 11) is 0. The topological polar surface area (TPSA) is 29.1 Å². The SMILES string of the molecule is O=C(Nc1ccc(F)c(Cl)c1)c1ccc(F)c2c1CC[CH]2. The summed E-state index contributed by atoms with van der Waals surface area (Å²) < 4.78 is 26.7. The monoisotopic (exact) mass is 306 g/mol. The highest BCUT2D eigenvalue weighted by molar-refractivity contribution is 6.31. The lowest BCUT2D eigenvalue weighted by Gasteiger charge is -2.10. The van der Waals surface area contributed by atoms with E-state index in [9.17, 15) is 13.6 Å². The Bertz CT molecular complexity index is 730. The van der Waals surface area contributed by atoms with Crippen molar-refractivity contribution < 1.29 is 13.6 Å². The Balaban J connectivity index is 1.89. The zero-order chi connectivity index (χ0) is 15.0. The molecule has 1 radical (unpaired) electrons. The number of carbonyl (C=O) groups is 1. The number of halogens is 3. The number of hydrogen-bond acceptors (Lipinski definition) is 1. The second-order valence-corrected chi connectivity index (χ2v) is 5.22. The lowest BCUT2D eigenvalue weighted by Crippen LogP contribution is -2.14. The van der Waals surface area contributed by atoms with Gasteiger partial charge in [0.25, 0.3) is 5.91 Å². The van der Waals surface area contributed by atoms with Crippen LogP contribution in [-0.2, 0) is 6.42 Å². The van der Waals surface area contributed by atoms with Crippen molar-refractivity contribution in [3.8, 4) is 0 Å². The van der Waals surface area contributed by atoms with E-state index in [1.807, 2.05) is 0 Å². The predicted octanol–water partition coefficient (Wildman–Crippen LogP) is 4.37. The van der Waals surface area contributed by atoms with Crippen LogP contribution in [0.3, 0.4) is 0 Å². The van der Waals surface area contributed by atoms with Gasteiger partial charge in [-0.15, -0.1) is 0 Å². The lowest BCUT2D eigenvalue weighted by molar-refractivity contribution is 0.102. The molecule has 107 valence electrons. The molecule has 0 atom stereocenters. The van der Waals surface area contributed by atoms with E-state index < -0.39 is 5.82 Å². The molecular formula is C16H11ClF2NO. The summed E-state index contributed by atoms with van der Waals surface area (Å²) >= 11 is 5.68. The molecule has 0 saturated carbocycles. The number of fused-ring (bicyclic) bond motifs is 1. The molecule has 1 amide bonds. The van der Waals surface area contributed by atoms with Gasteiger partial charge in [-0.05, 0) is 60.7 Å². The molecular weight excluding hydrogens is 296 g/mol. The number of amides is 1. The Morgan fingerprint density at radius 2 is 1.90 bits per heavy atom. The molecule has 0 saturated heterocycles. The molecule has 0 fully saturated rings. The second kappa shape index (κ2) is 5.45. The molecule has 3 rings (SSSR count). The van der Waals surface area contributed by atoms with Crippen molar-refractivity contribution in [2.45, 2.75) is 12.8 Å². The van der Waals surface area contributed by atoms with Crippen LogP contribution in [-0.4, -0.2) is 5.91 Å². The van der Waals surface area contributed by atoms with Crippen LogP contribution in [0.15, 0.2) is 30.3 Å². The molecule has 5 heteroatoms. The van der Waals surface area contributed by atoms with Gasteiger partial charge in [-0.3, -0.25) is 4.79 Å². The highest BCUT2D eigenvalue weighted by Gasteiger charge is 2.22. The Kier molecular flexibility index (Phi) is 3.64. The number of hydrogen-bond donors (Lipinski definition) is 1. The van der Waals surface area contributed by atoms with Crippen LogP contribution < -0.4 is 5.32 Å². The third-order valence-corrected chi connectivity index (χ3v) is 3.76. The molecule has 2 aromatic carbocycles. The largest absolute Gasteiger partial charge is 0.322 e. The van der Waals surface area contributed by atoms with Crippen LogP contribution in [0.25, 0.3) is 0 Å². The number of anilines is 1. The molecule has 0 aromatic heterocycles. The van der Waals surface area contributed by atoms with E-state index in [2.05, 4.69) is 5.32 Å². The van der Waals surface area contributed by atoms with Crippen LogP contribution in [0.5, 0.6) is 0 Å². The van der Waals surface area contributed by atoms with E-state index in [0.717, 1.165) is 6.42 Å². The minimum absolute atomic E-state index is 0.0644. The summed E-state index contributed by atoms with van der Waals surface area (Å²) in [5, 5.41) is 2.58. The number of nitrogens with one attached hydrogen (secondary N) is 1. The average Bonchev–Trinajstić information content (AvgIpc) is 2.93. The Morgan fingerprint density at radius 3 is 2.67 bits per heavy atom. The molecule has 2 nitrogen and oxygen atoms in total. The molecule has 21 heavy (non-hydrogen) atoms. The van der Waals surface area contributed by atoms with E-state index in [4.69, 9.17) is 11.6 Å². The highest BCUT2D eigenvalue weighted by Crippen LogP contribution is 2.30. The second-order valence-electron chi connectivity index (χ2n) is 4.81. The molecule has 1 N–H and O–H groups in total. The van der Waals surface area contributed by atoms with Gasteiger partial charge in [-0.2, -0.15) is 0 Å². The van der Waals surface area contributed by atoms with Crippen LogP contribution >= 0.6 is 11.6 Å². The van der Waals surface area contributed by atoms with E-state index in [0.29, 0.717) is 28.8 Å². The minimum atomic E-state index is -0.549. The van der Waals surface area contributed by atoms with Gasteiger partial charge in [0.15, 0.2) is 0 Å². The van der Waals surface area contributed by atoms with Crippen LogP contribution in [0.4, 0.5) is 14.5 Å². The van der Waals surface area contributed by atoms with E-state index in [-0.39, 0.29) is 16.7 Å². The maximum absolute atomic E-state index is 13.6. The zero-order valence-electron chi connectivity index (χ0n) is 10.9. The first kappa shape index (κ1) is 14.0. The molecule has 0 bridgehead atoms. The van der Waals surface area contributed by atoms with Crippen molar-refractivity contribution >= 4 is 23.2 Å². The molecule has 0 spiro atoms. The summed E-state index contributed by atoms with van der Waals surface area (Å²) in [4.78, 5) is 12.3. The molecule has 2 aromatic rings. The fourth-order valence-corrected chi connectivity index (χ4v) is 2.65. The predicted molar refractivity (Wildman–Crippen MR) is 77.5 cm³/mol. The molecule has 0 aliphatic heterocycles. The summed E-state index contributed by atoms with van der Waals surface area (Å²) in [5.74, 6) is -1.22. The molecule has 0 unspecified atom stereocenters. The van der Waals surface area contributed by atoms with Crippen LogP contribution in [0.2, 0.25) is 5.02 Å². The fourth-order valence-electron chi connectivity index (χ4n) is 2.47. The number of rotatable bonds is 2. The molecule has 0 heterocycles. The van der Waals surface area contributed by atoms with Crippen LogP contribution in [0.1, 0.15) is 27.9 Å². The Hall–Kier alpha value is -1.94. The van der Waals surface area contributed by atoms with Gasteiger partial charge >= 0.3 is 0 Å². The van der Waals surface area contributed by atoms with Crippen molar-refractivity contribution in [2.24, 2.45) is 0 Å². The van der Waals surface area contributed by atoms with Crippen molar-refractivity contribution in [1.82, 2.24) is 0 Å². The Labute approximate surface area is 125 Å². The van der Waals surface area contributed by atoms with Crippen molar-refractivity contribution in [2.75, 3.05) is 5.32 Å². The summed E-state index contributed by atoms with van der Waals surface area (Å²) in [6.07, 6.45) is 3.15. The van der Waals surface area contributed by atoms with E-state index in [1.54, 1.807) is 6.42 Å². The summed E-state index contributed by atoms with van der Waals surface area (Å²) in [5.41, 5.74) is 2.03. The van der Waals surface area contributed by atoms with Gasteiger partial charge in [0.1, 0.15) is 11.6 Å². The quantitative estimate of drug-likeness (QED) is 0.877. The van der Waals surface area contributed by atoms with Gasteiger partial charge in [0, 0.05) is 11.3 Å². The highest BCUT2D eigenvalue weighted by atomic mass is 35.5. The van der Waals surface area contributed by atoms with Gasteiger partial charge in [0.05, 0.1) is 5.02 Å². The maximum Gasteiger partial charge on any atom is 0.255 e. The summed E-state index contributed by atoms with van der Waals surface area (Å²) in [6, 6.07) is 6.70. The van der Waals surface area contributed by atoms with Crippen molar-refractivity contribution in [3.63, 3.8) is 0 Å². The first-order valence-electron chi connectivity index (χ1n) is 6.47. The van der Waals surface area contributed by atoms with E-state index >= 15 is 0 Å². The maximum atomic E-state index is 13.6. The molecule has 1 aliphatic rings. The summed E-state index contributed by atoms with van der Waals surface area (Å²) in [6.45, 7) is 0. The minimum Gasteiger partial charge on any atom is -0.322 e. The first-order chi connectivity index (χ1) is 10.1. The first-order valence-corrected chi connectivity index (χ1v) is 6.85. The average molecular weight is 307 g/mol. The lowest BCUT2D eigenvalue weighted by atomic mass is 10.0. The third kappa shape index (κ3) is 2.63. The third-order valence-electron chi connectivity index (χ3n) is 3.47. The smallest absolute Gasteiger partial charge is 0.255 e. The van der Waals surface area contributed by atoms with Gasteiger partial charge in [0.2, 0.25) is 0 Å². The van der Waals surface area contributed by atoms with Gasteiger partial charge in [-0.25, -0.2) is 8.78 Å². The van der Waals surface area contributed by atoms with Gasteiger partial charge in [-0.1, -0.05) is 11.6 Å². The standard InChI is InChI=1S/C16H11ClF2NO/c17-13-8-9(4-6-15(13)19)20-16(21)12-5-7-14(18)11-3-1-2-10(11)12/h3-8H,1-2H2,(H,20,21). The normalized spacial score (nSPS) is 13.1. The number of carbonyl (C=O) groups excluding carboxylic acids is 1. The van der Waals surface area contributed by atoms with Crippen molar-refractivity contribution in [1.29, 1.82) is 0 Å². The fraction of sp³-hybridized carbons (Fsp3) is 0.125. The Morgan fingerprint density at radius 1 is 1.14 bits per heavy atom.